The highest BCUT2D eigenvalue weighted by Gasteiger charge is 2.38. The van der Waals surface area contributed by atoms with Crippen molar-refractivity contribution in [3.05, 3.63) is 101 Å². The average Bonchev–Trinajstić information content (AvgIpc) is 3.37. The molecule has 5 rings (SSSR count). The summed E-state index contributed by atoms with van der Waals surface area (Å²) in [5.41, 5.74) is 4.50. The van der Waals surface area contributed by atoms with Crippen LogP contribution in [0.4, 0.5) is 0 Å². The number of hydrogen-bond donors (Lipinski definition) is 0. The van der Waals surface area contributed by atoms with Crippen molar-refractivity contribution in [1.29, 1.82) is 0 Å². The van der Waals surface area contributed by atoms with Crippen LogP contribution in [0.3, 0.4) is 0 Å². The van der Waals surface area contributed by atoms with Gasteiger partial charge in [-0.1, -0.05) is 43.7 Å². The van der Waals surface area contributed by atoms with Gasteiger partial charge in [0.2, 0.25) is 5.78 Å². The zero-order valence-electron chi connectivity index (χ0n) is 20.8. The Bertz CT molecular complexity index is 1350. The van der Waals surface area contributed by atoms with Gasteiger partial charge >= 0.3 is 0 Å². The van der Waals surface area contributed by atoms with Crippen LogP contribution < -0.4 is 14.2 Å². The summed E-state index contributed by atoms with van der Waals surface area (Å²) in [6.45, 7) is 6.28. The number of aryl methyl sites for hydroxylation is 1. The van der Waals surface area contributed by atoms with Gasteiger partial charge in [0.1, 0.15) is 30.0 Å². The zero-order chi connectivity index (χ0) is 25.1. The average molecular weight is 483 g/mol. The number of carbonyl (C=O) groups excluding carboxylic acids is 1. The molecule has 36 heavy (non-hydrogen) atoms. The molecule has 1 aliphatic heterocycles. The Balaban J connectivity index is 1.28. The predicted octanol–water partition coefficient (Wildman–Crippen LogP) is 6.12. The van der Waals surface area contributed by atoms with Crippen molar-refractivity contribution in [2.75, 3.05) is 0 Å². The van der Waals surface area contributed by atoms with E-state index in [-0.39, 0.29) is 5.78 Å². The summed E-state index contributed by atoms with van der Waals surface area (Å²) in [4.78, 5) is 13.3. The molecule has 1 aromatic heterocycles. The molecule has 1 aliphatic rings. The molecule has 0 aliphatic carbocycles. The van der Waals surface area contributed by atoms with E-state index in [9.17, 15) is 4.79 Å². The molecule has 2 atom stereocenters. The Labute approximate surface area is 211 Å². The van der Waals surface area contributed by atoms with Crippen LogP contribution in [0.15, 0.2) is 79.1 Å². The molecule has 2 heterocycles. The number of benzene rings is 3. The van der Waals surface area contributed by atoms with E-state index in [0.717, 1.165) is 29.7 Å². The molecular weight excluding hydrogens is 452 g/mol. The number of hydrogen-bond acceptors (Lipinski definition) is 5. The topological polar surface area (TPSA) is 62.6 Å². The van der Waals surface area contributed by atoms with Gasteiger partial charge < -0.3 is 14.2 Å². The highest BCUT2D eigenvalue weighted by molar-refractivity contribution is 6.04. The second-order valence-corrected chi connectivity index (χ2v) is 9.10. The third-order valence-electron chi connectivity index (χ3n) is 6.39. The minimum Gasteiger partial charge on any atom is -0.488 e. The Morgan fingerprint density at radius 2 is 1.78 bits per heavy atom. The van der Waals surface area contributed by atoms with Gasteiger partial charge in [0.15, 0.2) is 6.10 Å². The third-order valence-corrected chi connectivity index (χ3v) is 6.39. The summed E-state index contributed by atoms with van der Waals surface area (Å²) >= 11 is 0. The third kappa shape index (κ3) is 4.85. The molecule has 0 saturated carbocycles. The van der Waals surface area contributed by atoms with Crippen LogP contribution in [0.5, 0.6) is 17.2 Å². The fourth-order valence-electron chi connectivity index (χ4n) is 4.43. The van der Waals surface area contributed by atoms with Crippen LogP contribution in [0.2, 0.25) is 0 Å². The SMILES string of the molecule is CCCc1ccc(O[C@H]2C(=O)c3ccc(OCc4cnn(-c5ccccc5)c4)c(C)c3O[C@H]2C)cc1. The molecule has 0 spiro atoms. The van der Waals surface area contributed by atoms with Crippen LogP contribution >= 0.6 is 0 Å². The largest absolute Gasteiger partial charge is 0.488 e. The van der Waals surface area contributed by atoms with E-state index in [1.165, 1.54) is 5.56 Å². The number of aromatic nitrogens is 2. The first-order valence-electron chi connectivity index (χ1n) is 12.4. The molecule has 0 bridgehead atoms. The van der Waals surface area contributed by atoms with Gasteiger partial charge in [-0.05, 0) is 62.2 Å². The fourth-order valence-corrected chi connectivity index (χ4v) is 4.43. The van der Waals surface area contributed by atoms with Crippen LogP contribution in [-0.2, 0) is 13.0 Å². The predicted molar refractivity (Wildman–Crippen MR) is 138 cm³/mol. The fraction of sp³-hybridized carbons (Fsp3) is 0.267. The van der Waals surface area contributed by atoms with Crippen LogP contribution in [0, 0.1) is 6.92 Å². The lowest BCUT2D eigenvalue weighted by atomic mass is 9.95. The quantitative estimate of drug-likeness (QED) is 0.303. The first-order valence-corrected chi connectivity index (χ1v) is 12.4. The van der Waals surface area contributed by atoms with Gasteiger partial charge in [-0.3, -0.25) is 4.79 Å². The summed E-state index contributed by atoms with van der Waals surface area (Å²) in [5, 5.41) is 4.42. The number of rotatable bonds is 8. The van der Waals surface area contributed by atoms with Gasteiger partial charge in [-0.25, -0.2) is 4.68 Å². The lowest BCUT2D eigenvalue weighted by molar-refractivity contribution is 0.0385. The first kappa shape index (κ1) is 23.7. The molecule has 0 fully saturated rings. The molecule has 6 heteroatoms. The van der Waals surface area contributed by atoms with E-state index in [1.54, 1.807) is 12.3 Å². The Morgan fingerprint density at radius 3 is 2.53 bits per heavy atom. The second kappa shape index (κ2) is 10.3. The Hall–Kier alpha value is -4.06. The Morgan fingerprint density at radius 1 is 1.00 bits per heavy atom. The van der Waals surface area contributed by atoms with Crippen molar-refractivity contribution < 1.29 is 19.0 Å². The monoisotopic (exact) mass is 482 g/mol. The molecule has 0 radical (unpaired) electrons. The van der Waals surface area contributed by atoms with Crippen molar-refractivity contribution >= 4 is 5.78 Å². The summed E-state index contributed by atoms with van der Waals surface area (Å²) in [6, 6.07) is 21.4. The van der Waals surface area contributed by atoms with E-state index in [1.807, 2.05) is 85.4 Å². The van der Waals surface area contributed by atoms with Gasteiger partial charge in [0, 0.05) is 17.3 Å². The number of carbonyl (C=O) groups is 1. The number of fused-ring (bicyclic) bond motifs is 1. The van der Waals surface area contributed by atoms with Crippen molar-refractivity contribution in [3.8, 4) is 22.9 Å². The molecule has 0 N–H and O–H groups in total. The van der Waals surface area contributed by atoms with Gasteiger partial charge in [0.05, 0.1) is 17.4 Å². The minimum atomic E-state index is -0.704. The highest BCUT2D eigenvalue weighted by atomic mass is 16.6. The lowest BCUT2D eigenvalue weighted by Crippen LogP contribution is -2.44. The number of nitrogens with zero attached hydrogens (tertiary/aromatic N) is 2. The van der Waals surface area contributed by atoms with Crippen LogP contribution in [0.1, 0.15) is 47.3 Å². The summed E-state index contributed by atoms with van der Waals surface area (Å²) < 4.78 is 20.2. The maximum absolute atomic E-state index is 13.3. The van der Waals surface area contributed by atoms with E-state index in [2.05, 4.69) is 12.0 Å². The Kier molecular flexibility index (Phi) is 6.76. The molecule has 6 nitrogen and oxygen atoms in total. The van der Waals surface area contributed by atoms with Gasteiger partial charge in [-0.2, -0.15) is 5.10 Å². The number of para-hydroxylation sites is 1. The summed E-state index contributed by atoms with van der Waals surface area (Å²) in [6.07, 6.45) is 4.71. The molecule has 3 aromatic carbocycles. The number of Topliss-reactive ketones (excluding diaryl/α,β-unsaturated/α-hetero) is 1. The van der Waals surface area contributed by atoms with Gasteiger partial charge in [-0.15, -0.1) is 0 Å². The molecule has 0 saturated heterocycles. The van der Waals surface area contributed by atoms with Crippen molar-refractivity contribution in [2.45, 2.75) is 52.4 Å². The highest BCUT2D eigenvalue weighted by Crippen LogP contribution is 2.37. The van der Waals surface area contributed by atoms with E-state index in [0.29, 0.717) is 29.4 Å². The lowest BCUT2D eigenvalue weighted by Gasteiger charge is -2.31. The van der Waals surface area contributed by atoms with Crippen molar-refractivity contribution in [1.82, 2.24) is 9.78 Å². The zero-order valence-corrected chi connectivity index (χ0v) is 20.8. The number of ketones is 1. The molecule has 0 unspecified atom stereocenters. The minimum absolute atomic E-state index is 0.0832. The van der Waals surface area contributed by atoms with Crippen molar-refractivity contribution in [3.63, 3.8) is 0 Å². The van der Waals surface area contributed by atoms with E-state index < -0.39 is 12.2 Å². The molecule has 0 amide bonds. The van der Waals surface area contributed by atoms with Gasteiger partial charge in [0.25, 0.3) is 0 Å². The van der Waals surface area contributed by atoms with E-state index in [4.69, 9.17) is 14.2 Å². The van der Waals surface area contributed by atoms with E-state index >= 15 is 0 Å². The number of ether oxygens (including phenoxy) is 3. The maximum atomic E-state index is 13.3. The maximum Gasteiger partial charge on any atom is 0.210 e. The normalized spacial score (nSPS) is 16.8. The molecule has 4 aromatic rings. The smallest absolute Gasteiger partial charge is 0.210 e. The second-order valence-electron chi connectivity index (χ2n) is 9.10. The summed E-state index contributed by atoms with van der Waals surface area (Å²) in [7, 11) is 0. The summed E-state index contributed by atoms with van der Waals surface area (Å²) in [5.74, 6) is 1.82. The molecule has 184 valence electrons. The van der Waals surface area contributed by atoms with Crippen molar-refractivity contribution in [2.24, 2.45) is 0 Å². The van der Waals surface area contributed by atoms with Crippen LogP contribution in [-0.4, -0.2) is 27.8 Å². The molecular formula is C30H30N2O4. The standard InChI is InChI=1S/C30H30N2O4/c1-4-8-22-11-13-25(14-12-22)36-30-21(3)35-29-20(2)27(16-15-26(29)28(30)33)34-19-23-17-31-32(18-23)24-9-6-5-7-10-24/h5-7,9-18,21,30H,4,8,19H2,1-3H3/t21-,30+/m0/s1. The van der Waals surface area contributed by atoms with Crippen LogP contribution in [0.25, 0.3) is 5.69 Å². The first-order chi connectivity index (χ1) is 17.5.